The molecule has 3 rings (SSSR count). The second-order valence-electron chi connectivity index (χ2n) is 5.30. The normalized spacial score (nSPS) is 24.1. The van der Waals surface area contributed by atoms with E-state index in [1.54, 1.807) is 0 Å². The van der Waals surface area contributed by atoms with Gasteiger partial charge in [-0.1, -0.05) is 25.0 Å². The minimum absolute atomic E-state index is 0.268. The number of hydrogen-bond donors (Lipinski definition) is 1. The molecule has 1 heterocycles. The molecule has 0 radical (unpaired) electrons. The maximum absolute atomic E-state index is 12.9. The molecule has 0 spiro atoms. The van der Waals surface area contributed by atoms with Crippen molar-refractivity contribution in [2.75, 3.05) is 11.9 Å². The average Bonchev–Trinajstić information content (AvgIpc) is 2.95. The van der Waals surface area contributed by atoms with Crippen LogP contribution in [0.1, 0.15) is 42.7 Å². The molecule has 1 aromatic carbocycles. The predicted octanol–water partition coefficient (Wildman–Crippen LogP) is 4.40. The number of nitrogens with one attached hydrogen (secondary N) is 1. The van der Waals surface area contributed by atoms with E-state index in [1.807, 2.05) is 6.07 Å². The number of hydrogen-bond acceptors (Lipinski definition) is 1. The van der Waals surface area contributed by atoms with Crippen molar-refractivity contribution in [3.63, 3.8) is 0 Å². The molecular formula is C14H16F3N. The number of alkyl halides is 3. The van der Waals surface area contributed by atoms with Crippen LogP contribution in [0.2, 0.25) is 0 Å². The predicted molar refractivity (Wildman–Crippen MR) is 64.6 cm³/mol. The Bertz CT molecular complexity index is 447. The summed E-state index contributed by atoms with van der Waals surface area (Å²) in [6.07, 6.45) is 0.484. The van der Waals surface area contributed by atoms with Gasteiger partial charge in [0.25, 0.3) is 0 Å². The number of rotatable bonds is 1. The van der Waals surface area contributed by atoms with Crippen molar-refractivity contribution in [3.05, 3.63) is 29.3 Å². The summed E-state index contributed by atoms with van der Waals surface area (Å²) in [6, 6.07) is 4.56. The Morgan fingerprint density at radius 3 is 2.50 bits per heavy atom. The Hall–Kier alpha value is -1.19. The van der Waals surface area contributed by atoms with Crippen LogP contribution in [0.15, 0.2) is 18.2 Å². The van der Waals surface area contributed by atoms with Crippen LogP contribution in [0.5, 0.6) is 0 Å². The molecule has 2 aliphatic rings. The minimum Gasteiger partial charge on any atom is -0.384 e. The van der Waals surface area contributed by atoms with Gasteiger partial charge in [-0.25, -0.2) is 0 Å². The van der Waals surface area contributed by atoms with Gasteiger partial charge in [-0.3, -0.25) is 0 Å². The second kappa shape index (κ2) is 4.18. The highest BCUT2D eigenvalue weighted by Crippen LogP contribution is 2.47. The SMILES string of the molecule is FC(F)(F)c1cccc2c1NCC2C1CCCC1. The van der Waals surface area contributed by atoms with E-state index in [0.29, 0.717) is 18.2 Å². The summed E-state index contributed by atoms with van der Waals surface area (Å²) >= 11 is 0. The fourth-order valence-electron chi connectivity index (χ4n) is 3.42. The Balaban J connectivity index is 1.97. The number of halogens is 3. The average molecular weight is 255 g/mol. The van der Waals surface area contributed by atoms with Crippen LogP contribution < -0.4 is 5.32 Å². The second-order valence-corrected chi connectivity index (χ2v) is 5.30. The summed E-state index contributed by atoms with van der Waals surface area (Å²) < 4.78 is 38.7. The third-order valence-electron chi connectivity index (χ3n) is 4.27. The van der Waals surface area contributed by atoms with Crippen LogP contribution >= 0.6 is 0 Å². The van der Waals surface area contributed by atoms with Gasteiger partial charge < -0.3 is 5.32 Å². The van der Waals surface area contributed by atoms with Crippen molar-refractivity contribution >= 4 is 5.69 Å². The van der Waals surface area contributed by atoms with Gasteiger partial charge in [-0.2, -0.15) is 13.2 Å². The zero-order chi connectivity index (χ0) is 12.8. The molecule has 1 atom stereocenters. The van der Waals surface area contributed by atoms with Crippen molar-refractivity contribution in [2.24, 2.45) is 5.92 Å². The molecule has 98 valence electrons. The van der Waals surface area contributed by atoms with E-state index in [0.717, 1.165) is 18.4 Å². The third-order valence-corrected chi connectivity index (χ3v) is 4.27. The molecule has 4 heteroatoms. The minimum atomic E-state index is -4.26. The first kappa shape index (κ1) is 11.9. The maximum atomic E-state index is 12.9. The number of fused-ring (bicyclic) bond motifs is 1. The van der Waals surface area contributed by atoms with Crippen LogP contribution in [-0.2, 0) is 6.18 Å². The molecule has 1 nitrogen and oxygen atoms in total. The molecule has 0 bridgehead atoms. The van der Waals surface area contributed by atoms with E-state index in [1.165, 1.54) is 25.0 Å². The largest absolute Gasteiger partial charge is 0.418 e. The fourth-order valence-corrected chi connectivity index (χ4v) is 3.42. The van der Waals surface area contributed by atoms with Gasteiger partial charge in [0.1, 0.15) is 0 Å². The van der Waals surface area contributed by atoms with E-state index in [2.05, 4.69) is 5.32 Å². The zero-order valence-corrected chi connectivity index (χ0v) is 10.1. The van der Waals surface area contributed by atoms with Crippen LogP contribution in [0.4, 0.5) is 18.9 Å². The monoisotopic (exact) mass is 255 g/mol. The molecule has 1 N–H and O–H groups in total. The van der Waals surface area contributed by atoms with Gasteiger partial charge in [0.15, 0.2) is 0 Å². The number of anilines is 1. The summed E-state index contributed by atoms with van der Waals surface area (Å²) in [5, 5.41) is 2.98. The lowest BCUT2D eigenvalue weighted by Gasteiger charge is -2.18. The summed E-state index contributed by atoms with van der Waals surface area (Å²) in [5.41, 5.74) is 0.680. The van der Waals surface area contributed by atoms with Gasteiger partial charge in [0.2, 0.25) is 0 Å². The fraction of sp³-hybridized carbons (Fsp3) is 0.571. The van der Waals surface area contributed by atoms with Crippen molar-refractivity contribution < 1.29 is 13.2 Å². The lowest BCUT2D eigenvalue weighted by atomic mass is 9.86. The Morgan fingerprint density at radius 1 is 1.11 bits per heavy atom. The van der Waals surface area contributed by atoms with E-state index in [9.17, 15) is 13.2 Å². The topological polar surface area (TPSA) is 12.0 Å². The summed E-state index contributed by atoms with van der Waals surface area (Å²) in [5.74, 6) is 0.826. The highest BCUT2D eigenvalue weighted by molar-refractivity contribution is 5.64. The van der Waals surface area contributed by atoms with E-state index < -0.39 is 11.7 Å². The first-order valence-corrected chi connectivity index (χ1v) is 6.51. The molecule has 1 aromatic rings. The Morgan fingerprint density at radius 2 is 1.83 bits per heavy atom. The lowest BCUT2D eigenvalue weighted by molar-refractivity contribution is -0.136. The molecular weight excluding hydrogens is 239 g/mol. The first-order valence-electron chi connectivity index (χ1n) is 6.51. The Kier molecular flexibility index (Phi) is 2.76. The van der Waals surface area contributed by atoms with Crippen molar-refractivity contribution in [3.8, 4) is 0 Å². The standard InChI is InChI=1S/C14H16F3N/c15-14(16,17)12-7-3-6-10-11(8-18-13(10)12)9-4-1-2-5-9/h3,6-7,9,11,18H,1-2,4-5,8H2. The molecule has 18 heavy (non-hydrogen) atoms. The summed E-state index contributed by atoms with van der Waals surface area (Å²) in [7, 11) is 0. The molecule has 1 aliphatic heterocycles. The molecule has 0 amide bonds. The van der Waals surface area contributed by atoms with Crippen molar-refractivity contribution in [1.29, 1.82) is 0 Å². The molecule has 0 saturated heterocycles. The van der Waals surface area contributed by atoms with E-state index in [-0.39, 0.29) is 5.92 Å². The smallest absolute Gasteiger partial charge is 0.384 e. The van der Waals surface area contributed by atoms with Crippen LogP contribution in [0.3, 0.4) is 0 Å². The van der Waals surface area contributed by atoms with Gasteiger partial charge >= 0.3 is 6.18 Å². The van der Waals surface area contributed by atoms with Crippen molar-refractivity contribution in [2.45, 2.75) is 37.8 Å². The summed E-state index contributed by atoms with van der Waals surface area (Å²) in [6.45, 7) is 0.660. The molecule has 1 unspecified atom stereocenters. The summed E-state index contributed by atoms with van der Waals surface area (Å²) in [4.78, 5) is 0. The molecule has 0 aromatic heterocycles. The van der Waals surface area contributed by atoms with Gasteiger partial charge in [-0.15, -0.1) is 0 Å². The quantitative estimate of drug-likeness (QED) is 0.784. The Labute approximate surface area is 104 Å². The van der Waals surface area contributed by atoms with E-state index >= 15 is 0 Å². The highest BCUT2D eigenvalue weighted by atomic mass is 19.4. The zero-order valence-electron chi connectivity index (χ0n) is 10.1. The first-order chi connectivity index (χ1) is 8.57. The molecule has 1 fully saturated rings. The maximum Gasteiger partial charge on any atom is 0.418 e. The third kappa shape index (κ3) is 1.88. The molecule has 1 aliphatic carbocycles. The van der Waals surface area contributed by atoms with Gasteiger partial charge in [0, 0.05) is 18.2 Å². The number of para-hydroxylation sites is 1. The van der Waals surface area contributed by atoms with E-state index in [4.69, 9.17) is 0 Å². The van der Waals surface area contributed by atoms with Gasteiger partial charge in [-0.05, 0) is 30.4 Å². The van der Waals surface area contributed by atoms with Crippen LogP contribution in [-0.4, -0.2) is 6.54 Å². The van der Waals surface area contributed by atoms with Crippen LogP contribution in [0.25, 0.3) is 0 Å². The lowest BCUT2D eigenvalue weighted by Crippen LogP contribution is -2.11. The van der Waals surface area contributed by atoms with Gasteiger partial charge in [0.05, 0.1) is 5.56 Å². The molecule has 1 saturated carbocycles. The highest BCUT2D eigenvalue weighted by Gasteiger charge is 2.39. The van der Waals surface area contributed by atoms with Crippen LogP contribution in [0, 0.1) is 5.92 Å². The van der Waals surface area contributed by atoms with Crippen molar-refractivity contribution in [1.82, 2.24) is 0 Å². The number of benzene rings is 1.